The van der Waals surface area contributed by atoms with E-state index >= 15 is 0 Å². The summed E-state index contributed by atoms with van der Waals surface area (Å²) in [5.74, 6) is 0.545. The van der Waals surface area contributed by atoms with Crippen LogP contribution >= 0.6 is 11.3 Å². The first-order chi connectivity index (χ1) is 13.1. The molecule has 0 atom stereocenters. The van der Waals surface area contributed by atoms with E-state index < -0.39 is 0 Å². The van der Waals surface area contributed by atoms with Gasteiger partial charge in [-0.3, -0.25) is 0 Å². The van der Waals surface area contributed by atoms with Crippen LogP contribution in [0, 0.1) is 5.82 Å². The van der Waals surface area contributed by atoms with Gasteiger partial charge in [-0.15, -0.1) is 23.0 Å². The third kappa shape index (κ3) is 4.41. The van der Waals surface area contributed by atoms with Crippen LogP contribution in [0.3, 0.4) is 0 Å². The van der Waals surface area contributed by atoms with E-state index in [1.807, 2.05) is 42.6 Å². The number of methoxy groups -OCH3 is 1. The number of rotatable bonds is 6. The fraction of sp³-hybridized carbons (Fsp3) is 0.143. The molecule has 3 aromatic rings. The van der Waals surface area contributed by atoms with Crippen molar-refractivity contribution in [2.75, 3.05) is 7.11 Å². The Morgan fingerprint density at radius 1 is 1.19 bits per heavy atom. The standard InChI is InChI=1S/C21H20FN3OS/c1-4-13-25-20(17-7-11-19(26-3)12-8-17)14-27-21(25)24-23-15(2)16-5-9-18(22)10-6-16/h4-12,14H,1,13H2,2-3H3/b23-15-,24-21-. The topological polar surface area (TPSA) is 38.9 Å². The van der Waals surface area contributed by atoms with Crippen molar-refractivity contribution in [3.05, 3.63) is 82.7 Å². The monoisotopic (exact) mass is 381 g/mol. The SMILES string of the molecule is C=CCn1c(-c2ccc(OC)cc2)cs/c1=N\N=C(\C)c1ccc(F)cc1. The lowest BCUT2D eigenvalue weighted by Gasteiger charge is -2.07. The average molecular weight is 381 g/mol. The first kappa shape index (κ1) is 18.8. The van der Waals surface area contributed by atoms with Crippen LogP contribution in [-0.4, -0.2) is 17.4 Å². The van der Waals surface area contributed by atoms with E-state index in [0.29, 0.717) is 6.54 Å². The van der Waals surface area contributed by atoms with Gasteiger partial charge in [-0.1, -0.05) is 18.2 Å². The largest absolute Gasteiger partial charge is 0.497 e. The fourth-order valence-corrected chi connectivity index (χ4v) is 3.44. The zero-order chi connectivity index (χ0) is 19.2. The van der Waals surface area contributed by atoms with Crippen molar-refractivity contribution in [3.8, 4) is 17.0 Å². The van der Waals surface area contributed by atoms with Crippen molar-refractivity contribution >= 4 is 17.0 Å². The summed E-state index contributed by atoms with van der Waals surface area (Å²) in [5, 5.41) is 10.8. The van der Waals surface area contributed by atoms with E-state index in [9.17, 15) is 4.39 Å². The molecule has 2 aromatic carbocycles. The van der Waals surface area contributed by atoms with E-state index in [2.05, 4.69) is 21.3 Å². The Labute approximate surface area is 161 Å². The van der Waals surface area contributed by atoms with E-state index in [1.165, 1.54) is 23.5 Å². The first-order valence-electron chi connectivity index (χ1n) is 8.40. The molecule has 0 aliphatic carbocycles. The highest BCUT2D eigenvalue weighted by Crippen LogP contribution is 2.23. The van der Waals surface area contributed by atoms with Gasteiger partial charge in [-0.05, 0) is 54.4 Å². The summed E-state index contributed by atoms with van der Waals surface area (Å²) in [6, 6.07) is 14.1. The maximum Gasteiger partial charge on any atom is 0.211 e. The van der Waals surface area contributed by atoms with Gasteiger partial charge in [0.15, 0.2) is 0 Å². The number of nitrogens with zero attached hydrogens (tertiary/aromatic N) is 3. The number of hydrogen-bond acceptors (Lipinski definition) is 4. The van der Waals surface area contributed by atoms with Gasteiger partial charge >= 0.3 is 0 Å². The lowest BCUT2D eigenvalue weighted by molar-refractivity contribution is 0.415. The number of allylic oxidation sites excluding steroid dienone is 1. The van der Waals surface area contributed by atoms with Crippen LogP contribution in [0.1, 0.15) is 12.5 Å². The van der Waals surface area contributed by atoms with Crippen molar-refractivity contribution in [1.29, 1.82) is 0 Å². The smallest absolute Gasteiger partial charge is 0.211 e. The molecule has 0 spiro atoms. The molecule has 0 radical (unpaired) electrons. The van der Waals surface area contributed by atoms with Gasteiger partial charge in [-0.25, -0.2) is 4.39 Å². The third-order valence-electron chi connectivity index (χ3n) is 4.04. The molecule has 0 fully saturated rings. The molecule has 0 bridgehead atoms. The maximum atomic E-state index is 13.1. The molecular weight excluding hydrogens is 361 g/mol. The molecule has 6 heteroatoms. The number of halogens is 1. The number of aromatic nitrogens is 1. The minimum atomic E-state index is -0.269. The normalized spacial score (nSPS) is 12.3. The summed E-state index contributed by atoms with van der Waals surface area (Å²) in [7, 11) is 1.65. The summed E-state index contributed by atoms with van der Waals surface area (Å²) in [6.45, 7) is 6.31. The molecule has 1 aromatic heterocycles. The molecular formula is C21H20FN3OS. The summed E-state index contributed by atoms with van der Waals surface area (Å²) in [5.41, 5.74) is 3.66. The number of benzene rings is 2. The molecule has 27 heavy (non-hydrogen) atoms. The van der Waals surface area contributed by atoms with E-state index in [4.69, 9.17) is 4.74 Å². The van der Waals surface area contributed by atoms with Crippen molar-refractivity contribution in [3.63, 3.8) is 0 Å². The van der Waals surface area contributed by atoms with Gasteiger partial charge in [-0.2, -0.15) is 5.10 Å². The summed E-state index contributed by atoms with van der Waals surface area (Å²) >= 11 is 1.51. The number of ether oxygens (including phenoxy) is 1. The number of hydrogen-bond donors (Lipinski definition) is 0. The zero-order valence-corrected chi connectivity index (χ0v) is 16.0. The summed E-state index contributed by atoms with van der Waals surface area (Å²) in [4.78, 5) is 0.766. The second-order valence-electron chi connectivity index (χ2n) is 5.82. The molecule has 0 saturated heterocycles. The van der Waals surface area contributed by atoms with Crippen LogP contribution in [0.2, 0.25) is 0 Å². The Kier molecular flexibility index (Phi) is 5.98. The van der Waals surface area contributed by atoms with Crippen LogP contribution in [0.25, 0.3) is 11.3 Å². The second kappa shape index (κ2) is 8.60. The molecule has 0 unspecified atom stereocenters. The summed E-state index contributed by atoms with van der Waals surface area (Å²) < 4.78 is 20.3. The Bertz CT molecular complexity index is 1010. The van der Waals surface area contributed by atoms with E-state index in [0.717, 1.165) is 33.1 Å². The van der Waals surface area contributed by atoms with Gasteiger partial charge < -0.3 is 9.30 Å². The average Bonchev–Trinajstić information content (AvgIpc) is 3.09. The van der Waals surface area contributed by atoms with Gasteiger partial charge in [0.1, 0.15) is 11.6 Å². The molecule has 0 aliphatic heterocycles. The first-order valence-corrected chi connectivity index (χ1v) is 9.28. The predicted molar refractivity (Wildman–Crippen MR) is 109 cm³/mol. The highest BCUT2D eigenvalue weighted by Gasteiger charge is 2.07. The Morgan fingerprint density at radius 3 is 2.52 bits per heavy atom. The lowest BCUT2D eigenvalue weighted by atomic mass is 10.1. The second-order valence-corrected chi connectivity index (χ2v) is 6.66. The Hall–Kier alpha value is -2.99. The van der Waals surface area contributed by atoms with Crippen LogP contribution < -0.4 is 9.54 Å². The number of thiazole rings is 1. The van der Waals surface area contributed by atoms with Crippen LogP contribution in [0.4, 0.5) is 4.39 Å². The quantitative estimate of drug-likeness (QED) is 0.341. The van der Waals surface area contributed by atoms with Crippen LogP contribution in [-0.2, 0) is 6.54 Å². The van der Waals surface area contributed by atoms with Gasteiger partial charge in [0.2, 0.25) is 4.80 Å². The molecule has 0 amide bonds. The lowest BCUT2D eigenvalue weighted by Crippen LogP contribution is -2.15. The van der Waals surface area contributed by atoms with Crippen LogP contribution in [0.15, 0.2) is 76.8 Å². The molecule has 0 aliphatic rings. The molecule has 4 nitrogen and oxygen atoms in total. The maximum absolute atomic E-state index is 13.1. The zero-order valence-electron chi connectivity index (χ0n) is 15.2. The molecule has 1 heterocycles. The van der Waals surface area contributed by atoms with E-state index in [-0.39, 0.29) is 5.82 Å². The minimum Gasteiger partial charge on any atom is -0.497 e. The van der Waals surface area contributed by atoms with Gasteiger partial charge in [0.05, 0.1) is 18.5 Å². The highest BCUT2D eigenvalue weighted by molar-refractivity contribution is 7.07. The molecule has 0 N–H and O–H groups in total. The van der Waals surface area contributed by atoms with Crippen molar-refractivity contribution < 1.29 is 9.13 Å². The summed E-state index contributed by atoms with van der Waals surface area (Å²) in [6.07, 6.45) is 1.83. The predicted octanol–water partition coefficient (Wildman–Crippen LogP) is 4.88. The third-order valence-corrected chi connectivity index (χ3v) is 4.90. The van der Waals surface area contributed by atoms with Crippen molar-refractivity contribution in [2.45, 2.75) is 13.5 Å². The fourth-order valence-electron chi connectivity index (χ4n) is 2.57. The molecule has 0 saturated carbocycles. The van der Waals surface area contributed by atoms with Crippen molar-refractivity contribution in [2.24, 2.45) is 10.2 Å². The molecule has 138 valence electrons. The minimum absolute atomic E-state index is 0.269. The molecule has 3 rings (SSSR count). The Balaban J connectivity index is 1.98. The van der Waals surface area contributed by atoms with Gasteiger partial charge in [0, 0.05) is 11.9 Å². The van der Waals surface area contributed by atoms with Crippen LogP contribution in [0.5, 0.6) is 5.75 Å². The van der Waals surface area contributed by atoms with Crippen molar-refractivity contribution in [1.82, 2.24) is 4.57 Å². The van der Waals surface area contributed by atoms with E-state index in [1.54, 1.807) is 19.2 Å². The highest BCUT2D eigenvalue weighted by atomic mass is 32.1. The van der Waals surface area contributed by atoms with Gasteiger partial charge in [0.25, 0.3) is 0 Å². The Morgan fingerprint density at radius 2 is 1.89 bits per heavy atom.